The van der Waals surface area contributed by atoms with Crippen LogP contribution < -0.4 is 0 Å². The van der Waals surface area contributed by atoms with Gasteiger partial charge in [0.1, 0.15) is 6.07 Å². The number of rotatable bonds is 2. The SMILES string of the molecule is CC(C)(C)S(=O)(=O)c1ccccc1C#N.O=C(C(=O)C(F)(F)F)C(F)(F)F. The van der Waals surface area contributed by atoms with Gasteiger partial charge in [-0.05, 0) is 32.9 Å². The Bertz CT molecular complexity index is 834. The molecule has 0 saturated carbocycles. The van der Waals surface area contributed by atoms with Crippen LogP contribution in [0.2, 0.25) is 0 Å². The summed E-state index contributed by atoms with van der Waals surface area (Å²) in [6.45, 7) is 4.86. The number of carbonyl (C=O) groups is 2. The molecule has 0 heterocycles. The van der Waals surface area contributed by atoms with Gasteiger partial charge >= 0.3 is 23.9 Å². The van der Waals surface area contributed by atoms with Crippen LogP contribution in [0.5, 0.6) is 0 Å². The molecule has 0 atom stereocenters. The Morgan fingerprint density at radius 2 is 1.26 bits per heavy atom. The lowest BCUT2D eigenvalue weighted by atomic mass is 10.2. The standard InChI is InChI=1S/C11H13NO2S.C4F6O2/c1-11(2,3)15(13,14)10-7-5-4-6-9(10)8-12;5-3(6,7)1(11)2(12)4(8,9)10/h4-7H,1-3H3;. The third-order valence-electron chi connectivity index (χ3n) is 2.82. The number of Topliss-reactive ketones (excluding diaryl/α,β-unsaturated/α-hetero) is 2. The molecule has 150 valence electrons. The highest BCUT2D eigenvalue weighted by Gasteiger charge is 2.54. The van der Waals surface area contributed by atoms with Gasteiger partial charge in [0.05, 0.1) is 15.2 Å². The summed E-state index contributed by atoms with van der Waals surface area (Å²) in [5.74, 6) is -6.81. The van der Waals surface area contributed by atoms with E-state index in [2.05, 4.69) is 0 Å². The first-order valence-electron chi connectivity index (χ1n) is 6.83. The predicted octanol–water partition coefficient (Wildman–Crippen LogP) is 3.38. The average molecular weight is 417 g/mol. The van der Waals surface area contributed by atoms with Crippen molar-refractivity contribution in [2.75, 3.05) is 0 Å². The molecule has 0 aliphatic heterocycles. The van der Waals surface area contributed by atoms with Gasteiger partial charge < -0.3 is 0 Å². The summed E-state index contributed by atoms with van der Waals surface area (Å²) < 4.78 is 90.2. The van der Waals surface area contributed by atoms with Crippen LogP contribution in [0, 0.1) is 11.3 Å². The minimum absolute atomic E-state index is 0.111. The molecule has 0 saturated heterocycles. The molecule has 0 bridgehead atoms. The van der Waals surface area contributed by atoms with Gasteiger partial charge in [-0.3, -0.25) is 9.59 Å². The zero-order chi connectivity index (χ0) is 21.8. The van der Waals surface area contributed by atoms with Crippen LogP contribution in [0.15, 0.2) is 29.2 Å². The lowest BCUT2D eigenvalue weighted by Crippen LogP contribution is -2.39. The van der Waals surface area contributed by atoms with Gasteiger partial charge in [-0.15, -0.1) is 0 Å². The molecule has 5 nitrogen and oxygen atoms in total. The summed E-state index contributed by atoms with van der Waals surface area (Å²) in [5, 5.41) is 8.83. The summed E-state index contributed by atoms with van der Waals surface area (Å²) in [7, 11) is -3.44. The van der Waals surface area contributed by atoms with Crippen molar-refractivity contribution >= 4 is 21.4 Å². The molecular formula is C15H13F6NO4S. The fraction of sp³-hybridized carbons (Fsp3) is 0.400. The second-order valence-corrected chi connectivity index (χ2v) is 8.55. The number of alkyl halides is 6. The van der Waals surface area contributed by atoms with Crippen molar-refractivity contribution in [3.8, 4) is 6.07 Å². The van der Waals surface area contributed by atoms with Gasteiger partial charge in [-0.25, -0.2) is 8.42 Å². The zero-order valence-electron chi connectivity index (χ0n) is 14.1. The van der Waals surface area contributed by atoms with E-state index in [0.717, 1.165) is 0 Å². The first kappa shape index (κ1) is 24.6. The number of nitrogens with zero attached hydrogens (tertiary/aromatic N) is 1. The number of halogens is 6. The van der Waals surface area contributed by atoms with Gasteiger partial charge in [0.25, 0.3) is 0 Å². The molecule has 0 spiro atoms. The van der Waals surface area contributed by atoms with Crippen LogP contribution >= 0.6 is 0 Å². The number of nitriles is 1. The Labute approximate surface area is 150 Å². The molecular weight excluding hydrogens is 404 g/mol. The van der Waals surface area contributed by atoms with E-state index < -0.39 is 38.5 Å². The van der Waals surface area contributed by atoms with Gasteiger partial charge in [-0.1, -0.05) is 12.1 Å². The van der Waals surface area contributed by atoms with Gasteiger partial charge in [0.2, 0.25) is 0 Å². The van der Waals surface area contributed by atoms with E-state index in [1.165, 1.54) is 12.1 Å². The molecule has 12 heteroatoms. The van der Waals surface area contributed by atoms with E-state index in [-0.39, 0.29) is 10.5 Å². The number of benzene rings is 1. The first-order chi connectivity index (χ1) is 11.9. The molecule has 0 aliphatic carbocycles. The third kappa shape index (κ3) is 6.35. The maximum atomic E-state index is 12.1. The second-order valence-electron chi connectivity index (χ2n) is 5.88. The summed E-state index contributed by atoms with van der Waals surface area (Å²) in [6, 6.07) is 8.16. The topological polar surface area (TPSA) is 92.1 Å². The highest BCUT2D eigenvalue weighted by atomic mass is 32.2. The fourth-order valence-electron chi connectivity index (χ4n) is 1.38. The van der Waals surface area contributed by atoms with E-state index in [4.69, 9.17) is 5.26 Å². The predicted molar refractivity (Wildman–Crippen MR) is 80.2 cm³/mol. The largest absolute Gasteiger partial charge is 0.458 e. The van der Waals surface area contributed by atoms with Crippen molar-refractivity contribution in [1.29, 1.82) is 5.26 Å². The van der Waals surface area contributed by atoms with E-state index in [1.807, 2.05) is 6.07 Å². The Balaban J connectivity index is 0.000000516. The van der Waals surface area contributed by atoms with Crippen LogP contribution in [-0.2, 0) is 19.4 Å². The molecule has 0 fully saturated rings. The number of sulfone groups is 1. The summed E-state index contributed by atoms with van der Waals surface area (Å²) in [5.41, 5.74) is 0.201. The van der Waals surface area contributed by atoms with E-state index >= 15 is 0 Å². The molecule has 0 amide bonds. The van der Waals surface area contributed by atoms with Crippen molar-refractivity contribution < 1.29 is 44.3 Å². The first-order valence-corrected chi connectivity index (χ1v) is 8.32. The normalized spacial score (nSPS) is 12.4. The number of carbonyl (C=O) groups excluding carboxylic acids is 2. The van der Waals surface area contributed by atoms with Crippen molar-refractivity contribution in [1.82, 2.24) is 0 Å². The average Bonchev–Trinajstić information content (AvgIpc) is 2.51. The van der Waals surface area contributed by atoms with Gasteiger partial charge in [-0.2, -0.15) is 31.6 Å². The lowest BCUT2D eigenvalue weighted by Gasteiger charge is -2.19. The summed E-state index contributed by atoms with van der Waals surface area (Å²) in [4.78, 5) is 19.3. The molecule has 1 aromatic carbocycles. The van der Waals surface area contributed by atoms with Crippen molar-refractivity contribution in [3.05, 3.63) is 29.8 Å². The highest BCUT2D eigenvalue weighted by molar-refractivity contribution is 7.92. The minimum atomic E-state index is -5.77. The Morgan fingerprint density at radius 3 is 1.56 bits per heavy atom. The third-order valence-corrected chi connectivity index (χ3v) is 5.37. The molecule has 27 heavy (non-hydrogen) atoms. The molecule has 0 aromatic heterocycles. The maximum absolute atomic E-state index is 12.1. The molecule has 0 unspecified atom stereocenters. The molecule has 1 aromatic rings. The van der Waals surface area contributed by atoms with Crippen molar-refractivity contribution in [2.24, 2.45) is 0 Å². The molecule has 1 rings (SSSR count). The van der Waals surface area contributed by atoms with Crippen LogP contribution in [0.25, 0.3) is 0 Å². The number of hydrogen-bond donors (Lipinski definition) is 0. The Kier molecular flexibility index (Phi) is 7.35. The van der Waals surface area contributed by atoms with Gasteiger partial charge in [0.15, 0.2) is 9.84 Å². The fourth-order valence-corrected chi connectivity index (χ4v) is 2.70. The van der Waals surface area contributed by atoms with Crippen molar-refractivity contribution in [3.63, 3.8) is 0 Å². The van der Waals surface area contributed by atoms with Crippen LogP contribution in [-0.4, -0.2) is 37.1 Å². The van der Waals surface area contributed by atoms with Crippen LogP contribution in [0.3, 0.4) is 0 Å². The number of ketones is 2. The zero-order valence-corrected chi connectivity index (χ0v) is 14.9. The Hall–Kier alpha value is -2.42. The highest BCUT2D eigenvalue weighted by Crippen LogP contribution is 2.27. The molecule has 0 N–H and O–H groups in total. The lowest BCUT2D eigenvalue weighted by molar-refractivity contribution is -0.193. The monoisotopic (exact) mass is 417 g/mol. The molecule has 0 aliphatic rings. The van der Waals surface area contributed by atoms with Crippen LogP contribution in [0.1, 0.15) is 26.3 Å². The van der Waals surface area contributed by atoms with Gasteiger partial charge in [0, 0.05) is 0 Å². The van der Waals surface area contributed by atoms with Crippen molar-refractivity contribution in [2.45, 2.75) is 42.8 Å². The minimum Gasteiger partial charge on any atom is -0.280 e. The second kappa shape index (κ2) is 8.08. The molecule has 0 radical (unpaired) electrons. The van der Waals surface area contributed by atoms with E-state index in [0.29, 0.717) is 0 Å². The summed E-state index contributed by atoms with van der Waals surface area (Å²) >= 11 is 0. The van der Waals surface area contributed by atoms with Crippen LogP contribution in [0.4, 0.5) is 26.3 Å². The van der Waals surface area contributed by atoms with E-state index in [1.54, 1.807) is 32.9 Å². The maximum Gasteiger partial charge on any atom is 0.458 e. The van der Waals surface area contributed by atoms with E-state index in [9.17, 15) is 44.3 Å². The Morgan fingerprint density at radius 1 is 0.889 bits per heavy atom. The summed E-state index contributed by atoms with van der Waals surface area (Å²) in [6.07, 6.45) is -11.5. The quantitative estimate of drug-likeness (QED) is 0.543. The number of hydrogen-bond acceptors (Lipinski definition) is 5. The smallest absolute Gasteiger partial charge is 0.280 e.